The molecule has 0 fully saturated rings. The second-order valence-electron chi connectivity index (χ2n) is 3.07. The monoisotopic (exact) mass is 506 g/mol. The maximum Gasteiger partial charge on any atom is 0.162 e. The van der Waals surface area contributed by atoms with Crippen LogP contribution >= 0.6 is 77.7 Å². The summed E-state index contributed by atoms with van der Waals surface area (Å²) < 4.78 is 2.54. The van der Waals surface area contributed by atoms with E-state index in [0.29, 0.717) is 19.7 Å². The van der Waals surface area contributed by atoms with Crippen molar-refractivity contribution in [3.8, 4) is 11.4 Å². The lowest BCUT2D eigenvalue weighted by Gasteiger charge is -2.05. The molecule has 0 unspecified atom stereocenters. The van der Waals surface area contributed by atoms with Gasteiger partial charge in [0.1, 0.15) is 10.3 Å². The average Bonchev–Trinajstić information content (AvgIpc) is 2.29. The van der Waals surface area contributed by atoms with Crippen LogP contribution in [0.3, 0.4) is 0 Å². The lowest BCUT2D eigenvalue weighted by molar-refractivity contribution is 1.16. The van der Waals surface area contributed by atoms with Crippen molar-refractivity contribution in [3.63, 3.8) is 0 Å². The molecule has 0 bridgehead atoms. The second-order valence-corrected chi connectivity index (χ2v) is 6.58. The molecule has 0 atom stereocenters. The Kier molecular flexibility index (Phi) is 4.68. The van der Waals surface area contributed by atoms with E-state index in [0.717, 1.165) is 14.5 Å². The molecule has 2 rings (SSSR count). The summed E-state index contributed by atoms with van der Waals surface area (Å²) in [7, 11) is 0. The molecule has 17 heavy (non-hydrogen) atoms. The number of halogens is 5. The molecular weight excluding hydrogens is 506 g/mol. The van der Waals surface area contributed by atoms with E-state index in [9.17, 15) is 0 Å². The van der Waals surface area contributed by atoms with Gasteiger partial charge in [0.05, 0.1) is 3.57 Å². The lowest BCUT2D eigenvalue weighted by atomic mass is 10.2. The highest BCUT2D eigenvalue weighted by molar-refractivity contribution is 14.1. The van der Waals surface area contributed by atoms with Crippen LogP contribution < -0.4 is 0 Å². The average molecular weight is 509 g/mol. The van der Waals surface area contributed by atoms with Crippen molar-refractivity contribution in [2.45, 2.75) is 0 Å². The number of rotatable bonds is 1. The molecular formula is C10H3Br2Cl2IN2. The summed E-state index contributed by atoms with van der Waals surface area (Å²) in [5.74, 6) is 0.508. The predicted octanol–water partition coefficient (Wildman–Crippen LogP) is 5.58. The van der Waals surface area contributed by atoms with Crippen LogP contribution in [-0.4, -0.2) is 9.97 Å². The summed E-state index contributed by atoms with van der Waals surface area (Å²) in [6.07, 6.45) is 0. The zero-order chi connectivity index (χ0) is 12.6. The normalized spacial score (nSPS) is 10.6. The van der Waals surface area contributed by atoms with Crippen molar-refractivity contribution in [2.24, 2.45) is 0 Å². The van der Waals surface area contributed by atoms with Gasteiger partial charge in [-0.2, -0.15) is 0 Å². The largest absolute Gasteiger partial charge is 0.215 e. The summed E-state index contributed by atoms with van der Waals surface area (Å²) in [4.78, 5) is 8.40. The maximum absolute atomic E-state index is 5.98. The Morgan fingerprint density at radius 1 is 1.00 bits per heavy atom. The third kappa shape index (κ3) is 3.12. The molecule has 0 aliphatic heterocycles. The van der Waals surface area contributed by atoms with Crippen molar-refractivity contribution in [1.82, 2.24) is 9.97 Å². The SMILES string of the molecule is Clc1nc(-c2ccc(Br)c(Br)c2)nc(Cl)c1I. The first-order valence-corrected chi connectivity index (χ1v) is 7.75. The first-order valence-electron chi connectivity index (χ1n) is 4.33. The van der Waals surface area contributed by atoms with Crippen LogP contribution in [0.2, 0.25) is 10.3 Å². The van der Waals surface area contributed by atoms with Crippen LogP contribution in [0.15, 0.2) is 27.1 Å². The van der Waals surface area contributed by atoms with Gasteiger partial charge >= 0.3 is 0 Å². The van der Waals surface area contributed by atoms with E-state index in [1.54, 1.807) is 0 Å². The van der Waals surface area contributed by atoms with Crippen LogP contribution in [-0.2, 0) is 0 Å². The molecule has 2 aromatic rings. The summed E-state index contributed by atoms with van der Waals surface area (Å²) in [6, 6.07) is 5.70. The fraction of sp³-hybridized carbons (Fsp3) is 0. The van der Waals surface area contributed by atoms with Crippen molar-refractivity contribution in [3.05, 3.63) is 41.0 Å². The Labute approximate surface area is 139 Å². The molecule has 1 aromatic carbocycles. The molecule has 0 amide bonds. The van der Waals surface area contributed by atoms with Crippen LogP contribution in [0.4, 0.5) is 0 Å². The van der Waals surface area contributed by atoms with Crippen molar-refractivity contribution in [1.29, 1.82) is 0 Å². The molecule has 0 aliphatic carbocycles. The Hall–Kier alpha value is 0.570. The highest BCUT2D eigenvalue weighted by Gasteiger charge is 2.11. The molecule has 0 aliphatic rings. The zero-order valence-corrected chi connectivity index (χ0v) is 14.9. The standard InChI is InChI=1S/C10H3Br2Cl2IN2/c11-5-2-1-4(3-6(5)12)10-16-8(13)7(15)9(14)17-10/h1-3H. The minimum Gasteiger partial charge on any atom is -0.215 e. The second kappa shape index (κ2) is 5.69. The number of hydrogen-bond donors (Lipinski definition) is 0. The van der Waals surface area contributed by atoms with Crippen LogP contribution in [0.5, 0.6) is 0 Å². The molecule has 2 nitrogen and oxygen atoms in total. The Morgan fingerprint density at radius 2 is 1.59 bits per heavy atom. The summed E-state index contributed by atoms with van der Waals surface area (Å²) in [6.45, 7) is 0. The topological polar surface area (TPSA) is 25.8 Å². The van der Waals surface area contributed by atoms with Gasteiger partial charge in [-0.3, -0.25) is 0 Å². The van der Waals surface area contributed by atoms with Gasteiger partial charge in [-0.15, -0.1) is 0 Å². The first-order chi connectivity index (χ1) is 7.99. The molecule has 0 N–H and O–H groups in total. The highest BCUT2D eigenvalue weighted by Crippen LogP contribution is 2.30. The Balaban J connectivity index is 2.57. The van der Waals surface area contributed by atoms with Crippen molar-refractivity contribution >= 4 is 77.7 Å². The summed E-state index contributed by atoms with van der Waals surface area (Å²) in [5.41, 5.74) is 0.847. The molecule has 0 radical (unpaired) electrons. The van der Waals surface area contributed by atoms with Crippen LogP contribution in [0, 0.1) is 3.57 Å². The minimum atomic E-state index is 0.361. The number of benzene rings is 1. The van der Waals surface area contributed by atoms with Crippen molar-refractivity contribution < 1.29 is 0 Å². The molecule has 1 aromatic heterocycles. The summed E-state index contributed by atoms with van der Waals surface area (Å²) >= 11 is 20.8. The van der Waals surface area contributed by atoms with Crippen LogP contribution in [0.1, 0.15) is 0 Å². The van der Waals surface area contributed by atoms with Gasteiger partial charge in [0.15, 0.2) is 5.82 Å². The van der Waals surface area contributed by atoms with E-state index in [4.69, 9.17) is 23.2 Å². The number of aromatic nitrogens is 2. The smallest absolute Gasteiger partial charge is 0.162 e. The van der Waals surface area contributed by atoms with Gasteiger partial charge in [0.2, 0.25) is 0 Å². The quantitative estimate of drug-likeness (QED) is 0.371. The molecule has 1 heterocycles. The minimum absolute atomic E-state index is 0.361. The third-order valence-electron chi connectivity index (χ3n) is 1.95. The highest BCUT2D eigenvalue weighted by atomic mass is 127. The van der Waals surface area contributed by atoms with Gasteiger partial charge in [0, 0.05) is 14.5 Å². The van der Waals surface area contributed by atoms with E-state index in [-0.39, 0.29) is 0 Å². The third-order valence-corrected chi connectivity index (χ3v) is 6.03. The molecule has 88 valence electrons. The van der Waals surface area contributed by atoms with Crippen molar-refractivity contribution in [2.75, 3.05) is 0 Å². The van der Waals surface area contributed by atoms with E-state index in [1.807, 2.05) is 40.8 Å². The van der Waals surface area contributed by atoms with E-state index in [2.05, 4.69) is 41.8 Å². The van der Waals surface area contributed by atoms with Gasteiger partial charge in [0.25, 0.3) is 0 Å². The number of hydrogen-bond acceptors (Lipinski definition) is 2. The molecule has 7 heteroatoms. The molecule has 0 saturated carbocycles. The van der Waals surface area contributed by atoms with Gasteiger partial charge < -0.3 is 0 Å². The van der Waals surface area contributed by atoms with Gasteiger partial charge in [-0.05, 0) is 72.6 Å². The molecule has 0 saturated heterocycles. The lowest BCUT2D eigenvalue weighted by Crippen LogP contribution is -1.93. The zero-order valence-electron chi connectivity index (χ0n) is 8.02. The van der Waals surface area contributed by atoms with Gasteiger partial charge in [-0.25, -0.2) is 9.97 Å². The Morgan fingerprint density at radius 3 is 2.12 bits per heavy atom. The van der Waals surface area contributed by atoms with Gasteiger partial charge in [-0.1, -0.05) is 23.2 Å². The molecule has 0 spiro atoms. The Bertz CT molecular complexity index is 570. The maximum atomic E-state index is 5.98. The fourth-order valence-corrected chi connectivity index (χ4v) is 2.41. The summed E-state index contributed by atoms with van der Waals surface area (Å²) in [5, 5.41) is 0.722. The van der Waals surface area contributed by atoms with E-state index < -0.39 is 0 Å². The van der Waals surface area contributed by atoms with E-state index >= 15 is 0 Å². The van der Waals surface area contributed by atoms with E-state index in [1.165, 1.54) is 0 Å². The first kappa shape index (κ1) is 14.0. The predicted molar refractivity (Wildman–Crippen MR) is 85.6 cm³/mol. The fourth-order valence-electron chi connectivity index (χ4n) is 1.16. The number of nitrogens with zero attached hydrogens (tertiary/aromatic N) is 2. The van der Waals surface area contributed by atoms with Crippen LogP contribution in [0.25, 0.3) is 11.4 Å².